The molecule has 1 N–H and O–H groups in total. The van der Waals surface area contributed by atoms with Crippen LogP contribution in [-0.2, 0) is 36.3 Å². The number of benzene rings is 1. The van der Waals surface area contributed by atoms with E-state index in [1.54, 1.807) is 0 Å². The second-order valence-electron chi connectivity index (χ2n) is 20.0. The summed E-state index contributed by atoms with van der Waals surface area (Å²) in [4.78, 5) is 37.1. The molecule has 2 atom stereocenters. The van der Waals surface area contributed by atoms with Crippen LogP contribution in [0.5, 0.6) is 5.75 Å². The standard InChI is InChI=1S/C42H70N2O5/c1-17-18-19-42(34(46)48-29-23-38(8,9)27-43-39(10,11)24-29,35(47)49-30-25-40(12,13)44(16)41(14,15)26-30)22-28-20-31(36(2,3)4)33(45)32(21-28)37(5,6)7/h20-21,27,29-30,45H,17-19,22-26H2,1-16H3. The Morgan fingerprint density at radius 1 is 0.816 bits per heavy atom. The average Bonchev–Trinajstić information content (AvgIpc) is 3.02. The SMILES string of the molecule is CCCCC(Cc1cc(C(C)(C)C)c(O)c(C(C)(C)C)c1)(C(=O)OC1CC(C)(C)C=NC(C)(C)C1)C(=O)OC1CC(C)(C)N(C)C(C)(C)C1. The predicted molar refractivity (Wildman–Crippen MR) is 202 cm³/mol. The van der Waals surface area contributed by atoms with Crippen molar-refractivity contribution in [2.24, 2.45) is 15.8 Å². The predicted octanol–water partition coefficient (Wildman–Crippen LogP) is 9.48. The fraction of sp³-hybridized carbons (Fsp3) is 0.786. The lowest BCUT2D eigenvalue weighted by Crippen LogP contribution is -2.61. The van der Waals surface area contributed by atoms with Gasteiger partial charge >= 0.3 is 11.9 Å². The number of hydrogen-bond acceptors (Lipinski definition) is 7. The number of unbranched alkanes of at least 4 members (excludes halogenated alkanes) is 1. The van der Waals surface area contributed by atoms with Crippen molar-refractivity contribution < 1.29 is 24.2 Å². The summed E-state index contributed by atoms with van der Waals surface area (Å²) in [6.07, 6.45) is 5.66. The van der Waals surface area contributed by atoms with Crippen LogP contribution in [0.15, 0.2) is 17.1 Å². The summed E-state index contributed by atoms with van der Waals surface area (Å²) >= 11 is 0. The van der Waals surface area contributed by atoms with Gasteiger partial charge in [-0.15, -0.1) is 0 Å². The van der Waals surface area contributed by atoms with Crippen molar-refractivity contribution in [2.75, 3.05) is 7.05 Å². The van der Waals surface area contributed by atoms with Crippen LogP contribution in [0.4, 0.5) is 0 Å². The summed E-state index contributed by atoms with van der Waals surface area (Å²) in [7, 11) is 2.13. The smallest absolute Gasteiger partial charge is 0.324 e. The molecular formula is C42H70N2O5. The van der Waals surface area contributed by atoms with Crippen LogP contribution in [0.1, 0.15) is 165 Å². The summed E-state index contributed by atoms with van der Waals surface area (Å²) in [5.41, 5.74) is -0.941. The van der Waals surface area contributed by atoms with Gasteiger partial charge < -0.3 is 14.6 Å². The number of likely N-dealkylation sites (tertiary alicyclic amines) is 1. The van der Waals surface area contributed by atoms with E-state index in [-0.39, 0.29) is 45.6 Å². The fourth-order valence-corrected chi connectivity index (χ4v) is 7.93. The maximum absolute atomic E-state index is 15.0. The Bertz CT molecular complexity index is 1320. The Hall–Kier alpha value is -2.41. The highest BCUT2D eigenvalue weighted by Crippen LogP contribution is 2.45. The van der Waals surface area contributed by atoms with E-state index in [1.807, 2.05) is 18.3 Å². The van der Waals surface area contributed by atoms with Crippen molar-refractivity contribution >= 4 is 18.2 Å². The lowest BCUT2D eigenvalue weighted by Gasteiger charge is -2.53. The molecule has 7 heteroatoms. The minimum atomic E-state index is -1.56. The first-order valence-electron chi connectivity index (χ1n) is 18.6. The molecule has 278 valence electrons. The zero-order valence-electron chi connectivity index (χ0n) is 34.0. The molecule has 0 radical (unpaired) electrons. The van der Waals surface area contributed by atoms with Gasteiger partial charge in [0.25, 0.3) is 0 Å². The third-order valence-corrected chi connectivity index (χ3v) is 11.1. The molecule has 1 aromatic carbocycles. The number of phenolic OH excluding ortho intramolecular Hbond substituents is 1. The van der Waals surface area contributed by atoms with Gasteiger partial charge in [-0.2, -0.15) is 0 Å². The third kappa shape index (κ3) is 9.68. The van der Waals surface area contributed by atoms with E-state index in [0.717, 1.165) is 23.1 Å². The van der Waals surface area contributed by atoms with Gasteiger partial charge in [-0.05, 0) is 95.4 Å². The topological polar surface area (TPSA) is 88.4 Å². The van der Waals surface area contributed by atoms with Gasteiger partial charge in [-0.3, -0.25) is 19.5 Å². The average molecular weight is 683 g/mol. The van der Waals surface area contributed by atoms with Crippen molar-refractivity contribution in [1.82, 2.24) is 4.90 Å². The van der Waals surface area contributed by atoms with Crippen LogP contribution in [0.3, 0.4) is 0 Å². The largest absolute Gasteiger partial charge is 0.507 e. The molecule has 2 heterocycles. The monoisotopic (exact) mass is 683 g/mol. The Kier molecular flexibility index (Phi) is 11.7. The van der Waals surface area contributed by atoms with E-state index in [2.05, 4.69) is 116 Å². The number of piperidine rings is 1. The normalized spacial score (nSPS) is 23.7. The van der Waals surface area contributed by atoms with E-state index >= 15 is 0 Å². The van der Waals surface area contributed by atoms with Crippen molar-refractivity contribution in [3.8, 4) is 5.75 Å². The summed E-state index contributed by atoms with van der Waals surface area (Å²) in [6, 6.07) is 3.97. The van der Waals surface area contributed by atoms with E-state index in [4.69, 9.17) is 14.5 Å². The molecule has 7 nitrogen and oxygen atoms in total. The van der Waals surface area contributed by atoms with E-state index in [1.165, 1.54) is 0 Å². The second-order valence-corrected chi connectivity index (χ2v) is 20.0. The van der Waals surface area contributed by atoms with Gasteiger partial charge in [0.15, 0.2) is 5.41 Å². The molecule has 0 aliphatic carbocycles. The molecule has 0 spiro atoms. The highest BCUT2D eigenvalue weighted by molar-refractivity contribution is 6.00. The van der Waals surface area contributed by atoms with Crippen molar-refractivity contribution in [1.29, 1.82) is 0 Å². The molecule has 1 saturated heterocycles. The molecule has 2 unspecified atom stereocenters. The zero-order chi connectivity index (χ0) is 37.6. The minimum Gasteiger partial charge on any atom is -0.507 e. The van der Waals surface area contributed by atoms with Crippen molar-refractivity contribution in [3.05, 3.63) is 28.8 Å². The van der Waals surface area contributed by atoms with Gasteiger partial charge in [-0.25, -0.2) is 0 Å². The summed E-state index contributed by atoms with van der Waals surface area (Å²) in [5, 5.41) is 11.5. The molecule has 3 rings (SSSR count). The summed E-state index contributed by atoms with van der Waals surface area (Å²) in [5.74, 6) is -0.747. The Morgan fingerprint density at radius 3 is 1.69 bits per heavy atom. The molecule has 49 heavy (non-hydrogen) atoms. The van der Waals surface area contributed by atoms with Gasteiger partial charge in [0.1, 0.15) is 18.0 Å². The lowest BCUT2D eigenvalue weighted by molar-refractivity contribution is -0.185. The summed E-state index contributed by atoms with van der Waals surface area (Å²) < 4.78 is 13.1. The Balaban J connectivity index is 2.21. The first kappa shape index (κ1) is 41.0. The second kappa shape index (κ2) is 14.0. The van der Waals surface area contributed by atoms with Crippen molar-refractivity contribution in [2.45, 2.75) is 195 Å². The molecule has 2 aliphatic rings. The number of carbonyl (C=O) groups is 2. The van der Waals surface area contributed by atoms with Crippen LogP contribution in [0.25, 0.3) is 0 Å². The minimum absolute atomic E-state index is 0.131. The van der Waals surface area contributed by atoms with E-state index in [0.29, 0.717) is 38.5 Å². The maximum Gasteiger partial charge on any atom is 0.324 e. The lowest BCUT2D eigenvalue weighted by atomic mass is 9.73. The number of phenols is 1. The third-order valence-electron chi connectivity index (χ3n) is 11.1. The number of aliphatic imine (C=N–C) groups is 1. The van der Waals surface area contributed by atoms with Gasteiger partial charge in [0, 0.05) is 42.0 Å². The number of esters is 2. The Labute approximate surface area is 299 Å². The van der Waals surface area contributed by atoms with Gasteiger partial charge in [0.05, 0.1) is 5.54 Å². The first-order chi connectivity index (χ1) is 22.1. The van der Waals surface area contributed by atoms with Crippen LogP contribution >= 0.6 is 0 Å². The number of hydrogen-bond donors (Lipinski definition) is 1. The molecule has 1 fully saturated rings. The quantitative estimate of drug-likeness (QED) is 0.206. The Morgan fingerprint density at radius 2 is 1.27 bits per heavy atom. The number of ether oxygens (including phenoxy) is 2. The van der Waals surface area contributed by atoms with Gasteiger partial charge in [-0.1, -0.05) is 87.3 Å². The van der Waals surface area contributed by atoms with Crippen LogP contribution in [0.2, 0.25) is 0 Å². The van der Waals surface area contributed by atoms with Crippen molar-refractivity contribution in [3.63, 3.8) is 0 Å². The highest BCUT2D eigenvalue weighted by atomic mass is 16.6. The molecule has 0 aromatic heterocycles. The summed E-state index contributed by atoms with van der Waals surface area (Å²) in [6.45, 7) is 31.6. The maximum atomic E-state index is 15.0. The van der Waals surface area contributed by atoms with Crippen LogP contribution < -0.4 is 0 Å². The molecule has 0 amide bonds. The number of nitrogens with zero attached hydrogens (tertiary/aromatic N) is 2. The molecule has 1 aromatic rings. The zero-order valence-corrected chi connectivity index (χ0v) is 34.0. The molecule has 0 bridgehead atoms. The molecule has 0 saturated carbocycles. The van der Waals surface area contributed by atoms with Crippen LogP contribution in [-0.4, -0.2) is 64.0 Å². The van der Waals surface area contributed by atoms with E-state index < -0.39 is 29.0 Å². The molecule has 2 aliphatic heterocycles. The number of rotatable bonds is 9. The van der Waals surface area contributed by atoms with Crippen LogP contribution in [0, 0.1) is 10.8 Å². The van der Waals surface area contributed by atoms with Gasteiger partial charge in [0.2, 0.25) is 0 Å². The molecular weight excluding hydrogens is 612 g/mol. The number of carbonyl (C=O) groups excluding carboxylic acids is 2. The number of aromatic hydroxyl groups is 1. The first-order valence-corrected chi connectivity index (χ1v) is 18.6. The van der Waals surface area contributed by atoms with E-state index in [9.17, 15) is 14.7 Å². The fourth-order valence-electron chi connectivity index (χ4n) is 7.93. The highest BCUT2D eigenvalue weighted by Gasteiger charge is 2.53.